The molecule has 0 amide bonds. The van der Waals surface area contributed by atoms with Crippen molar-refractivity contribution in [2.75, 3.05) is 19.7 Å². The molecule has 1 N–H and O–H groups in total. The van der Waals surface area contributed by atoms with Crippen molar-refractivity contribution in [1.82, 2.24) is 5.32 Å². The zero-order valence-corrected chi connectivity index (χ0v) is 13.1. The van der Waals surface area contributed by atoms with E-state index in [1.165, 1.54) is 18.4 Å². The predicted octanol–water partition coefficient (Wildman–Crippen LogP) is 3.78. The van der Waals surface area contributed by atoms with E-state index in [1.54, 1.807) is 0 Å². The Morgan fingerprint density at radius 2 is 1.79 bits per heavy atom. The van der Waals surface area contributed by atoms with Crippen molar-refractivity contribution in [3.05, 3.63) is 29.8 Å². The molecule has 0 saturated carbocycles. The number of nitrogens with one attached hydrogen (secondary N) is 1. The fourth-order valence-corrected chi connectivity index (χ4v) is 2.47. The molecule has 1 aromatic carbocycles. The second kappa shape index (κ2) is 7.16. The van der Waals surface area contributed by atoms with Gasteiger partial charge < -0.3 is 10.1 Å². The van der Waals surface area contributed by atoms with Crippen molar-refractivity contribution in [2.24, 2.45) is 5.92 Å². The number of para-hydroxylation sites is 1. The lowest BCUT2D eigenvalue weighted by atomic mass is 9.86. The number of piperidine rings is 1. The van der Waals surface area contributed by atoms with E-state index in [4.69, 9.17) is 4.74 Å². The molecule has 1 aromatic rings. The smallest absolute Gasteiger partial charge is 0.123 e. The van der Waals surface area contributed by atoms with Crippen LogP contribution in [0.3, 0.4) is 0 Å². The second-order valence-electron chi connectivity index (χ2n) is 6.25. The Labute approximate surface area is 123 Å². The Balaban J connectivity index is 0.00000180. The molecule has 1 aliphatic heterocycles. The van der Waals surface area contributed by atoms with Crippen molar-refractivity contribution in [3.63, 3.8) is 0 Å². The molecule has 1 saturated heterocycles. The number of hydrogen-bond acceptors (Lipinski definition) is 2. The van der Waals surface area contributed by atoms with Gasteiger partial charge in [0.25, 0.3) is 0 Å². The second-order valence-corrected chi connectivity index (χ2v) is 6.25. The minimum absolute atomic E-state index is 0. The lowest BCUT2D eigenvalue weighted by molar-refractivity contribution is 0.212. The maximum atomic E-state index is 6.08. The summed E-state index contributed by atoms with van der Waals surface area (Å²) >= 11 is 0. The van der Waals surface area contributed by atoms with Crippen LogP contribution in [-0.4, -0.2) is 19.7 Å². The van der Waals surface area contributed by atoms with Gasteiger partial charge in [-0.15, -0.1) is 12.4 Å². The highest BCUT2D eigenvalue weighted by molar-refractivity contribution is 5.85. The van der Waals surface area contributed by atoms with Crippen LogP contribution in [-0.2, 0) is 5.41 Å². The van der Waals surface area contributed by atoms with Gasteiger partial charge in [-0.05, 0) is 48.9 Å². The van der Waals surface area contributed by atoms with Crippen LogP contribution in [0.5, 0.6) is 5.75 Å². The molecule has 19 heavy (non-hydrogen) atoms. The third-order valence-electron chi connectivity index (χ3n) is 3.63. The van der Waals surface area contributed by atoms with Crippen molar-refractivity contribution in [1.29, 1.82) is 0 Å². The summed E-state index contributed by atoms with van der Waals surface area (Å²) in [6, 6.07) is 8.43. The fourth-order valence-electron chi connectivity index (χ4n) is 2.47. The van der Waals surface area contributed by atoms with E-state index in [-0.39, 0.29) is 17.8 Å². The summed E-state index contributed by atoms with van der Waals surface area (Å²) in [5.41, 5.74) is 1.45. The summed E-state index contributed by atoms with van der Waals surface area (Å²) in [5, 5.41) is 3.39. The van der Waals surface area contributed by atoms with Gasteiger partial charge in [-0.2, -0.15) is 0 Å². The third-order valence-corrected chi connectivity index (χ3v) is 3.63. The SMILES string of the molecule is CC(C)(C)c1ccccc1OCC1CCNCC1.Cl. The summed E-state index contributed by atoms with van der Waals surface area (Å²) in [6.07, 6.45) is 2.47. The van der Waals surface area contributed by atoms with Gasteiger partial charge in [0.2, 0.25) is 0 Å². The van der Waals surface area contributed by atoms with E-state index in [0.717, 1.165) is 25.4 Å². The van der Waals surface area contributed by atoms with E-state index in [0.29, 0.717) is 5.92 Å². The van der Waals surface area contributed by atoms with Crippen LogP contribution in [0.25, 0.3) is 0 Å². The third kappa shape index (κ3) is 4.70. The number of rotatable bonds is 3. The first-order valence-electron chi connectivity index (χ1n) is 7.00. The maximum absolute atomic E-state index is 6.08. The molecule has 0 radical (unpaired) electrons. The van der Waals surface area contributed by atoms with Crippen LogP contribution in [0.1, 0.15) is 39.2 Å². The van der Waals surface area contributed by atoms with Gasteiger partial charge in [0.05, 0.1) is 6.61 Å². The fraction of sp³-hybridized carbons (Fsp3) is 0.625. The summed E-state index contributed by atoms with van der Waals surface area (Å²) in [7, 11) is 0. The Morgan fingerprint density at radius 1 is 1.16 bits per heavy atom. The molecular formula is C16H26ClNO. The Hall–Kier alpha value is -0.730. The van der Waals surface area contributed by atoms with Gasteiger partial charge in [0.1, 0.15) is 5.75 Å². The minimum Gasteiger partial charge on any atom is -0.493 e. The predicted molar refractivity (Wildman–Crippen MR) is 83.5 cm³/mol. The van der Waals surface area contributed by atoms with Crippen molar-refractivity contribution >= 4 is 12.4 Å². The molecule has 1 aliphatic rings. The van der Waals surface area contributed by atoms with Crippen molar-refractivity contribution in [3.8, 4) is 5.75 Å². The molecule has 2 nitrogen and oxygen atoms in total. The van der Waals surface area contributed by atoms with Crippen LogP contribution < -0.4 is 10.1 Å². The molecular weight excluding hydrogens is 258 g/mol. The largest absolute Gasteiger partial charge is 0.493 e. The standard InChI is InChI=1S/C16H25NO.ClH/c1-16(2,3)14-6-4-5-7-15(14)18-12-13-8-10-17-11-9-13;/h4-7,13,17H,8-12H2,1-3H3;1H. The molecule has 1 heterocycles. The average Bonchev–Trinajstić information content (AvgIpc) is 2.37. The molecule has 2 rings (SSSR count). The quantitative estimate of drug-likeness (QED) is 0.911. The highest BCUT2D eigenvalue weighted by atomic mass is 35.5. The van der Waals surface area contributed by atoms with Crippen molar-refractivity contribution in [2.45, 2.75) is 39.0 Å². The molecule has 0 atom stereocenters. The molecule has 3 heteroatoms. The molecule has 108 valence electrons. The zero-order chi connectivity index (χ0) is 13.0. The Morgan fingerprint density at radius 3 is 2.42 bits per heavy atom. The van der Waals surface area contributed by atoms with Gasteiger partial charge >= 0.3 is 0 Å². The highest BCUT2D eigenvalue weighted by Crippen LogP contribution is 2.31. The Bertz CT molecular complexity index is 381. The van der Waals surface area contributed by atoms with E-state index in [9.17, 15) is 0 Å². The molecule has 0 spiro atoms. The van der Waals surface area contributed by atoms with Crippen LogP contribution in [0.15, 0.2) is 24.3 Å². The average molecular weight is 284 g/mol. The van der Waals surface area contributed by atoms with Gasteiger partial charge in [0, 0.05) is 0 Å². The molecule has 1 fully saturated rings. The minimum atomic E-state index is 0. The summed E-state index contributed by atoms with van der Waals surface area (Å²) < 4.78 is 6.08. The highest BCUT2D eigenvalue weighted by Gasteiger charge is 2.19. The molecule has 0 aromatic heterocycles. The first kappa shape index (κ1) is 16.3. The van der Waals surface area contributed by atoms with Crippen LogP contribution in [0, 0.1) is 5.92 Å². The number of benzene rings is 1. The first-order chi connectivity index (χ1) is 8.57. The Kier molecular flexibility index (Phi) is 6.15. The lowest BCUT2D eigenvalue weighted by Gasteiger charge is -2.26. The van der Waals surface area contributed by atoms with E-state index >= 15 is 0 Å². The maximum Gasteiger partial charge on any atom is 0.123 e. The molecule has 0 aliphatic carbocycles. The van der Waals surface area contributed by atoms with E-state index in [2.05, 4.69) is 50.4 Å². The normalized spacial score (nSPS) is 16.8. The van der Waals surface area contributed by atoms with Crippen LogP contribution in [0.4, 0.5) is 0 Å². The van der Waals surface area contributed by atoms with Crippen LogP contribution in [0.2, 0.25) is 0 Å². The zero-order valence-electron chi connectivity index (χ0n) is 12.2. The van der Waals surface area contributed by atoms with Crippen molar-refractivity contribution < 1.29 is 4.74 Å². The monoisotopic (exact) mass is 283 g/mol. The molecule has 0 unspecified atom stereocenters. The summed E-state index contributed by atoms with van der Waals surface area (Å²) in [5.74, 6) is 1.77. The topological polar surface area (TPSA) is 21.3 Å². The summed E-state index contributed by atoms with van der Waals surface area (Å²) in [6.45, 7) is 9.83. The lowest BCUT2D eigenvalue weighted by Crippen LogP contribution is -2.30. The first-order valence-corrected chi connectivity index (χ1v) is 7.00. The summed E-state index contributed by atoms with van der Waals surface area (Å²) in [4.78, 5) is 0. The number of halogens is 1. The van der Waals surface area contributed by atoms with Gasteiger partial charge in [-0.25, -0.2) is 0 Å². The molecule has 0 bridgehead atoms. The van der Waals surface area contributed by atoms with E-state index < -0.39 is 0 Å². The number of hydrogen-bond donors (Lipinski definition) is 1. The van der Waals surface area contributed by atoms with Crippen LogP contribution >= 0.6 is 12.4 Å². The van der Waals surface area contributed by atoms with Gasteiger partial charge in [0.15, 0.2) is 0 Å². The van der Waals surface area contributed by atoms with Gasteiger partial charge in [-0.1, -0.05) is 39.0 Å². The number of ether oxygens (including phenoxy) is 1. The van der Waals surface area contributed by atoms with Gasteiger partial charge in [-0.3, -0.25) is 0 Å². The van der Waals surface area contributed by atoms with E-state index in [1.807, 2.05) is 0 Å².